The molecule has 1 unspecified atom stereocenters. The molecule has 0 aliphatic rings. The molecule has 0 aliphatic carbocycles. The maximum absolute atomic E-state index is 12.0. The van der Waals surface area contributed by atoms with Crippen molar-refractivity contribution in [1.29, 1.82) is 0 Å². The zero-order valence-electron chi connectivity index (χ0n) is 12.4. The smallest absolute Gasteiger partial charge is 0.309 e. The van der Waals surface area contributed by atoms with E-state index in [0.29, 0.717) is 13.0 Å². The second-order valence-electron chi connectivity index (χ2n) is 5.44. The zero-order valence-corrected chi connectivity index (χ0v) is 14.8. The summed E-state index contributed by atoms with van der Waals surface area (Å²) in [4.78, 5) is 24.0. The second kappa shape index (κ2) is 7.84. The SMILES string of the molecule is CC(Sc1ccc(Br)cc1)C(=O)NCCC(C)(C)C(=O)O. The highest BCUT2D eigenvalue weighted by atomic mass is 79.9. The molecule has 21 heavy (non-hydrogen) atoms. The molecule has 1 aromatic carbocycles. The zero-order chi connectivity index (χ0) is 16.0. The second-order valence-corrected chi connectivity index (χ2v) is 7.77. The lowest BCUT2D eigenvalue weighted by atomic mass is 9.90. The van der Waals surface area contributed by atoms with E-state index in [9.17, 15) is 9.59 Å². The Kier molecular flexibility index (Phi) is 6.74. The minimum absolute atomic E-state index is 0.0795. The third kappa shape index (κ3) is 6.09. The van der Waals surface area contributed by atoms with Crippen LogP contribution in [0, 0.1) is 5.41 Å². The fraction of sp³-hybridized carbons (Fsp3) is 0.467. The van der Waals surface area contributed by atoms with E-state index in [2.05, 4.69) is 21.2 Å². The molecule has 116 valence electrons. The van der Waals surface area contributed by atoms with Gasteiger partial charge < -0.3 is 10.4 Å². The highest BCUT2D eigenvalue weighted by Crippen LogP contribution is 2.25. The Morgan fingerprint density at radius 1 is 1.33 bits per heavy atom. The molecule has 0 heterocycles. The van der Waals surface area contributed by atoms with Crippen molar-refractivity contribution >= 4 is 39.6 Å². The van der Waals surface area contributed by atoms with E-state index < -0.39 is 11.4 Å². The van der Waals surface area contributed by atoms with Crippen molar-refractivity contribution in [3.8, 4) is 0 Å². The van der Waals surface area contributed by atoms with Crippen LogP contribution < -0.4 is 5.32 Å². The Morgan fingerprint density at radius 2 is 1.90 bits per heavy atom. The molecular weight excluding hydrogens is 354 g/mol. The largest absolute Gasteiger partial charge is 0.481 e. The van der Waals surface area contributed by atoms with Gasteiger partial charge in [-0.1, -0.05) is 15.9 Å². The molecule has 0 aliphatic heterocycles. The van der Waals surface area contributed by atoms with Gasteiger partial charge in [0.2, 0.25) is 5.91 Å². The van der Waals surface area contributed by atoms with Gasteiger partial charge in [-0.3, -0.25) is 9.59 Å². The van der Waals surface area contributed by atoms with E-state index in [1.165, 1.54) is 11.8 Å². The number of carbonyl (C=O) groups is 2. The summed E-state index contributed by atoms with van der Waals surface area (Å²) in [6.45, 7) is 5.51. The molecule has 1 rings (SSSR count). The fourth-order valence-electron chi connectivity index (χ4n) is 1.52. The average Bonchev–Trinajstić information content (AvgIpc) is 2.40. The first-order valence-electron chi connectivity index (χ1n) is 6.66. The third-order valence-corrected chi connectivity index (χ3v) is 4.76. The van der Waals surface area contributed by atoms with E-state index in [1.807, 2.05) is 31.2 Å². The number of carboxylic acid groups (broad SMARTS) is 1. The molecular formula is C15H20BrNO3S. The summed E-state index contributed by atoms with van der Waals surface area (Å²) in [6.07, 6.45) is 0.406. The standard InChI is InChI=1S/C15H20BrNO3S/c1-10(21-12-6-4-11(16)5-7-12)13(18)17-9-8-15(2,3)14(19)20/h4-7,10H,8-9H2,1-3H3,(H,17,18)(H,19,20). The maximum atomic E-state index is 12.0. The topological polar surface area (TPSA) is 66.4 Å². The summed E-state index contributed by atoms with van der Waals surface area (Å²) in [5.74, 6) is -0.932. The number of hydrogen-bond donors (Lipinski definition) is 2. The Morgan fingerprint density at radius 3 is 2.43 bits per heavy atom. The molecule has 0 spiro atoms. The number of thioether (sulfide) groups is 1. The van der Waals surface area contributed by atoms with Crippen LogP contribution in [0.25, 0.3) is 0 Å². The van der Waals surface area contributed by atoms with Crippen molar-refractivity contribution in [2.45, 2.75) is 37.3 Å². The number of carbonyl (C=O) groups excluding carboxylic acids is 1. The summed E-state index contributed by atoms with van der Waals surface area (Å²) in [5, 5.41) is 11.6. The molecule has 4 nitrogen and oxygen atoms in total. The molecule has 1 aromatic rings. The Labute approximate surface area is 137 Å². The Bertz CT molecular complexity index is 502. The van der Waals surface area contributed by atoms with Crippen molar-refractivity contribution in [3.63, 3.8) is 0 Å². The maximum Gasteiger partial charge on any atom is 0.309 e. The summed E-state index contributed by atoms with van der Waals surface area (Å²) >= 11 is 4.84. The highest BCUT2D eigenvalue weighted by Gasteiger charge is 2.26. The number of aliphatic carboxylic acids is 1. The summed E-state index contributed by atoms with van der Waals surface area (Å²) < 4.78 is 1.000. The van der Waals surface area contributed by atoms with Crippen LogP contribution in [0.1, 0.15) is 27.2 Å². The highest BCUT2D eigenvalue weighted by molar-refractivity contribution is 9.10. The van der Waals surface area contributed by atoms with E-state index in [4.69, 9.17) is 5.11 Å². The van der Waals surface area contributed by atoms with Crippen LogP contribution in [0.15, 0.2) is 33.6 Å². The van der Waals surface area contributed by atoms with Gasteiger partial charge in [0, 0.05) is 15.9 Å². The molecule has 0 saturated heterocycles. The molecule has 1 amide bonds. The summed E-state index contributed by atoms with van der Waals surface area (Å²) in [5.41, 5.74) is -0.824. The normalized spacial score (nSPS) is 12.8. The van der Waals surface area contributed by atoms with E-state index in [-0.39, 0.29) is 11.2 Å². The Balaban J connectivity index is 2.41. The van der Waals surface area contributed by atoms with Gasteiger partial charge in [0.05, 0.1) is 10.7 Å². The van der Waals surface area contributed by atoms with Gasteiger partial charge in [0.1, 0.15) is 0 Å². The van der Waals surface area contributed by atoms with Crippen molar-refractivity contribution in [2.24, 2.45) is 5.41 Å². The van der Waals surface area contributed by atoms with Gasteiger partial charge >= 0.3 is 5.97 Å². The molecule has 2 N–H and O–H groups in total. The van der Waals surface area contributed by atoms with Gasteiger partial charge in [0.25, 0.3) is 0 Å². The molecule has 0 fully saturated rings. The quantitative estimate of drug-likeness (QED) is 0.717. The van der Waals surface area contributed by atoms with Gasteiger partial charge in [-0.05, 0) is 51.5 Å². The minimum Gasteiger partial charge on any atom is -0.481 e. The van der Waals surface area contributed by atoms with Crippen molar-refractivity contribution in [2.75, 3.05) is 6.54 Å². The van der Waals surface area contributed by atoms with Crippen LogP contribution in [0.5, 0.6) is 0 Å². The number of carboxylic acids is 1. The summed E-state index contributed by atoms with van der Waals surface area (Å²) in [7, 11) is 0. The van der Waals surface area contributed by atoms with Crippen molar-refractivity contribution in [3.05, 3.63) is 28.7 Å². The lowest BCUT2D eigenvalue weighted by Crippen LogP contribution is -2.35. The number of benzene rings is 1. The molecule has 6 heteroatoms. The fourth-order valence-corrected chi connectivity index (χ4v) is 2.68. The minimum atomic E-state index is -0.853. The van der Waals surface area contributed by atoms with Crippen LogP contribution in [-0.2, 0) is 9.59 Å². The molecule has 0 radical (unpaired) electrons. The lowest BCUT2D eigenvalue weighted by Gasteiger charge is -2.19. The van der Waals surface area contributed by atoms with E-state index >= 15 is 0 Å². The third-order valence-electron chi connectivity index (χ3n) is 3.12. The molecule has 0 saturated carbocycles. The van der Waals surface area contributed by atoms with Crippen LogP contribution in [0.4, 0.5) is 0 Å². The predicted octanol–water partition coefficient (Wildman–Crippen LogP) is 3.55. The first-order chi connectivity index (χ1) is 9.72. The van der Waals surface area contributed by atoms with Crippen LogP contribution in [-0.4, -0.2) is 28.8 Å². The van der Waals surface area contributed by atoms with Crippen LogP contribution in [0.3, 0.4) is 0 Å². The average molecular weight is 374 g/mol. The van der Waals surface area contributed by atoms with E-state index in [1.54, 1.807) is 13.8 Å². The Hall–Kier alpha value is -1.01. The first-order valence-corrected chi connectivity index (χ1v) is 8.33. The molecule has 0 aromatic heterocycles. The van der Waals surface area contributed by atoms with Crippen LogP contribution in [0.2, 0.25) is 0 Å². The number of halogens is 1. The van der Waals surface area contributed by atoms with Crippen molar-refractivity contribution in [1.82, 2.24) is 5.32 Å². The summed E-state index contributed by atoms with van der Waals surface area (Å²) in [6, 6.07) is 7.77. The first kappa shape index (κ1) is 18.0. The number of amides is 1. The van der Waals surface area contributed by atoms with Crippen molar-refractivity contribution < 1.29 is 14.7 Å². The van der Waals surface area contributed by atoms with Crippen LogP contribution >= 0.6 is 27.7 Å². The lowest BCUT2D eigenvalue weighted by molar-refractivity contribution is -0.147. The van der Waals surface area contributed by atoms with Gasteiger partial charge in [-0.15, -0.1) is 11.8 Å². The van der Waals surface area contributed by atoms with E-state index in [0.717, 1.165) is 9.37 Å². The number of hydrogen-bond acceptors (Lipinski definition) is 3. The van der Waals surface area contributed by atoms with Gasteiger partial charge in [-0.25, -0.2) is 0 Å². The predicted molar refractivity (Wildman–Crippen MR) is 88.5 cm³/mol. The van der Waals surface area contributed by atoms with Gasteiger partial charge in [-0.2, -0.15) is 0 Å². The number of nitrogens with one attached hydrogen (secondary N) is 1. The van der Waals surface area contributed by atoms with Gasteiger partial charge in [0.15, 0.2) is 0 Å². The monoisotopic (exact) mass is 373 g/mol. The molecule has 1 atom stereocenters. The molecule has 0 bridgehead atoms. The number of rotatable bonds is 7.